The summed E-state index contributed by atoms with van der Waals surface area (Å²) in [5, 5.41) is 2.87. The van der Waals surface area contributed by atoms with E-state index < -0.39 is 0 Å². The van der Waals surface area contributed by atoms with Gasteiger partial charge in [0.25, 0.3) is 5.91 Å². The zero-order valence-corrected chi connectivity index (χ0v) is 12.5. The van der Waals surface area contributed by atoms with E-state index in [2.05, 4.69) is 5.32 Å². The second-order valence-corrected chi connectivity index (χ2v) is 4.60. The number of hydrogen-bond donors (Lipinski definition) is 2. The number of anilines is 1. The Hall–Kier alpha value is -1.26. The number of benzene rings is 1. The Bertz CT molecular complexity index is 408. The summed E-state index contributed by atoms with van der Waals surface area (Å²) in [6, 6.07) is 5.35. The lowest BCUT2D eigenvalue weighted by Gasteiger charge is -2.10. The van der Waals surface area contributed by atoms with Crippen molar-refractivity contribution in [2.24, 2.45) is 0 Å². The van der Waals surface area contributed by atoms with Crippen molar-refractivity contribution in [1.29, 1.82) is 0 Å². The molecule has 0 radical (unpaired) electrons. The summed E-state index contributed by atoms with van der Waals surface area (Å²) in [5.41, 5.74) is 7.85. The summed E-state index contributed by atoms with van der Waals surface area (Å²) in [4.78, 5) is 11.9. The van der Waals surface area contributed by atoms with Crippen molar-refractivity contribution in [3.8, 4) is 0 Å². The Balaban J connectivity index is 0.00000324. The van der Waals surface area contributed by atoms with Gasteiger partial charge in [-0.1, -0.05) is 6.07 Å². The Kier molecular flexibility index (Phi) is 8.19. The zero-order valence-electron chi connectivity index (χ0n) is 11.7. The van der Waals surface area contributed by atoms with Crippen LogP contribution in [0.25, 0.3) is 0 Å². The van der Waals surface area contributed by atoms with Gasteiger partial charge in [0, 0.05) is 24.4 Å². The Labute approximate surface area is 121 Å². The molecular weight excluding hydrogens is 264 g/mol. The van der Waals surface area contributed by atoms with Crippen LogP contribution < -0.4 is 11.1 Å². The molecule has 0 aliphatic rings. The highest BCUT2D eigenvalue weighted by molar-refractivity contribution is 5.96. The van der Waals surface area contributed by atoms with Crippen LogP contribution in [0.1, 0.15) is 36.2 Å². The number of carbonyl (C=O) groups is 1. The van der Waals surface area contributed by atoms with Gasteiger partial charge in [-0.15, -0.1) is 12.4 Å². The normalized spacial score (nSPS) is 10.1. The number of carbonyl (C=O) groups excluding carboxylic acids is 1. The van der Waals surface area contributed by atoms with Gasteiger partial charge in [0.1, 0.15) is 0 Å². The number of hydrogen-bond acceptors (Lipinski definition) is 3. The predicted molar refractivity (Wildman–Crippen MR) is 80.9 cm³/mol. The van der Waals surface area contributed by atoms with Crippen LogP contribution in [0.4, 0.5) is 5.69 Å². The van der Waals surface area contributed by atoms with Crippen LogP contribution in [-0.2, 0) is 4.74 Å². The van der Waals surface area contributed by atoms with Gasteiger partial charge in [0.2, 0.25) is 0 Å². The molecule has 19 heavy (non-hydrogen) atoms. The Morgan fingerprint density at radius 3 is 2.74 bits per heavy atom. The summed E-state index contributed by atoms with van der Waals surface area (Å²) in [6.45, 7) is 7.16. The summed E-state index contributed by atoms with van der Waals surface area (Å²) in [6.07, 6.45) is 1.04. The lowest BCUT2D eigenvalue weighted by Crippen LogP contribution is -2.26. The van der Waals surface area contributed by atoms with Gasteiger partial charge >= 0.3 is 0 Å². The first-order valence-corrected chi connectivity index (χ1v) is 6.26. The number of nitrogen functional groups attached to an aromatic ring is 1. The highest BCUT2D eigenvalue weighted by Crippen LogP contribution is 2.12. The minimum absolute atomic E-state index is 0. The molecule has 1 rings (SSSR count). The maximum Gasteiger partial charge on any atom is 0.251 e. The molecule has 0 bridgehead atoms. The minimum Gasteiger partial charge on any atom is -0.399 e. The van der Waals surface area contributed by atoms with E-state index >= 15 is 0 Å². The quantitative estimate of drug-likeness (QED) is 0.624. The second-order valence-electron chi connectivity index (χ2n) is 4.60. The van der Waals surface area contributed by atoms with Crippen molar-refractivity contribution < 1.29 is 9.53 Å². The van der Waals surface area contributed by atoms with Gasteiger partial charge in [0.15, 0.2) is 0 Å². The third-order valence-electron chi connectivity index (χ3n) is 2.56. The number of nitrogens with one attached hydrogen (secondary N) is 1. The highest BCUT2D eigenvalue weighted by Gasteiger charge is 2.08. The molecule has 0 spiro atoms. The van der Waals surface area contributed by atoms with E-state index in [9.17, 15) is 4.79 Å². The fourth-order valence-corrected chi connectivity index (χ4v) is 1.57. The van der Waals surface area contributed by atoms with Crippen molar-refractivity contribution in [2.45, 2.75) is 33.3 Å². The molecule has 0 aliphatic heterocycles. The molecule has 1 aromatic carbocycles. The average molecular weight is 287 g/mol. The number of aryl methyl sites for hydroxylation is 1. The molecule has 108 valence electrons. The van der Waals surface area contributed by atoms with Gasteiger partial charge in [-0.25, -0.2) is 0 Å². The topological polar surface area (TPSA) is 64.4 Å². The van der Waals surface area contributed by atoms with Gasteiger partial charge in [-0.2, -0.15) is 0 Å². The standard InChI is InChI=1S/C14H22N2O2.ClH/c1-10(2)18-8-4-7-16-14(17)13-9-12(15)6-5-11(13)3;/h5-6,9-10H,4,7-8,15H2,1-3H3,(H,16,17);1H. The SMILES string of the molecule is Cc1ccc(N)cc1C(=O)NCCCOC(C)C.Cl. The van der Waals surface area contributed by atoms with Crippen molar-refractivity contribution in [1.82, 2.24) is 5.32 Å². The monoisotopic (exact) mass is 286 g/mol. The van der Waals surface area contributed by atoms with E-state index in [4.69, 9.17) is 10.5 Å². The van der Waals surface area contributed by atoms with Crippen LogP contribution in [0.5, 0.6) is 0 Å². The molecule has 0 saturated heterocycles. The van der Waals surface area contributed by atoms with E-state index in [0.717, 1.165) is 12.0 Å². The molecule has 5 heteroatoms. The lowest BCUT2D eigenvalue weighted by molar-refractivity contribution is 0.0757. The van der Waals surface area contributed by atoms with E-state index in [1.807, 2.05) is 26.8 Å². The van der Waals surface area contributed by atoms with Gasteiger partial charge in [-0.05, 0) is 44.9 Å². The summed E-state index contributed by atoms with van der Waals surface area (Å²) in [7, 11) is 0. The number of ether oxygens (including phenoxy) is 1. The lowest BCUT2D eigenvalue weighted by atomic mass is 10.1. The van der Waals surface area contributed by atoms with E-state index in [1.165, 1.54) is 0 Å². The Morgan fingerprint density at radius 1 is 1.42 bits per heavy atom. The molecular formula is C14H23ClN2O2. The first-order valence-electron chi connectivity index (χ1n) is 6.26. The fourth-order valence-electron chi connectivity index (χ4n) is 1.57. The first kappa shape index (κ1) is 17.7. The predicted octanol–water partition coefficient (Wildman–Crippen LogP) is 2.54. The zero-order chi connectivity index (χ0) is 13.5. The van der Waals surface area contributed by atoms with Crippen LogP contribution in [0.2, 0.25) is 0 Å². The molecule has 0 heterocycles. The maximum absolute atomic E-state index is 11.9. The summed E-state index contributed by atoms with van der Waals surface area (Å²) >= 11 is 0. The average Bonchev–Trinajstić information content (AvgIpc) is 2.31. The molecule has 0 aliphatic carbocycles. The van der Waals surface area contributed by atoms with E-state index in [1.54, 1.807) is 12.1 Å². The van der Waals surface area contributed by atoms with Crippen LogP contribution >= 0.6 is 12.4 Å². The van der Waals surface area contributed by atoms with Crippen molar-refractivity contribution >= 4 is 24.0 Å². The molecule has 0 aromatic heterocycles. The maximum atomic E-state index is 11.9. The molecule has 0 fully saturated rings. The first-order chi connectivity index (χ1) is 8.50. The number of halogens is 1. The Morgan fingerprint density at radius 2 is 2.11 bits per heavy atom. The third-order valence-corrected chi connectivity index (χ3v) is 2.56. The van der Waals surface area contributed by atoms with Crippen molar-refractivity contribution in [3.05, 3.63) is 29.3 Å². The van der Waals surface area contributed by atoms with Crippen LogP contribution in [0.15, 0.2) is 18.2 Å². The minimum atomic E-state index is -0.0793. The second kappa shape index (κ2) is 8.77. The van der Waals surface area contributed by atoms with Crippen LogP contribution in [0, 0.1) is 6.92 Å². The van der Waals surface area contributed by atoms with Crippen LogP contribution in [-0.4, -0.2) is 25.2 Å². The smallest absolute Gasteiger partial charge is 0.251 e. The number of rotatable bonds is 6. The molecule has 1 aromatic rings. The fraction of sp³-hybridized carbons (Fsp3) is 0.500. The van der Waals surface area contributed by atoms with Gasteiger partial charge in [0.05, 0.1) is 6.10 Å². The van der Waals surface area contributed by atoms with Crippen molar-refractivity contribution in [2.75, 3.05) is 18.9 Å². The summed E-state index contributed by atoms with van der Waals surface area (Å²) < 4.78 is 5.40. The van der Waals surface area contributed by atoms with Crippen LogP contribution in [0.3, 0.4) is 0 Å². The third kappa shape index (κ3) is 6.45. The molecule has 0 atom stereocenters. The highest BCUT2D eigenvalue weighted by atomic mass is 35.5. The van der Waals surface area contributed by atoms with Crippen molar-refractivity contribution in [3.63, 3.8) is 0 Å². The van der Waals surface area contributed by atoms with Gasteiger partial charge < -0.3 is 15.8 Å². The number of amides is 1. The molecule has 0 unspecified atom stereocenters. The molecule has 0 saturated carbocycles. The number of nitrogens with two attached hydrogens (primary N) is 1. The molecule has 3 N–H and O–H groups in total. The largest absolute Gasteiger partial charge is 0.399 e. The molecule has 4 nitrogen and oxygen atoms in total. The molecule has 1 amide bonds. The van der Waals surface area contributed by atoms with E-state index in [-0.39, 0.29) is 24.4 Å². The van der Waals surface area contributed by atoms with Gasteiger partial charge in [-0.3, -0.25) is 4.79 Å². The summed E-state index contributed by atoms with van der Waals surface area (Å²) in [5.74, 6) is -0.0793. The van der Waals surface area contributed by atoms with E-state index in [0.29, 0.717) is 24.4 Å².